The molecule has 3 nitrogen and oxygen atoms in total. The Hall–Kier alpha value is -3.29. The molecule has 1 aliphatic carbocycles. The van der Waals surface area contributed by atoms with Gasteiger partial charge in [0, 0.05) is 0 Å². The second kappa shape index (κ2) is 5.41. The first kappa shape index (κ1) is 14.3. The van der Waals surface area contributed by atoms with Gasteiger partial charge in [-0.3, -0.25) is 4.79 Å². The molecular weight excluding hydrogens is 296 g/mol. The standard InChI is InChI=1S/C21H14N2O/c22-23-14-20(24)21(15-8-2-1-3-9-15)18-12-6-4-10-16(18)17-11-5-7-13-19(17)21/h1-14H. The van der Waals surface area contributed by atoms with Gasteiger partial charge in [-0.15, -0.1) is 0 Å². The van der Waals surface area contributed by atoms with Gasteiger partial charge in [-0.1, -0.05) is 78.9 Å². The van der Waals surface area contributed by atoms with Crippen molar-refractivity contribution in [2.45, 2.75) is 5.41 Å². The number of carbonyl (C=O) groups is 1. The molecule has 0 fully saturated rings. The summed E-state index contributed by atoms with van der Waals surface area (Å²) in [6.45, 7) is 0. The molecule has 4 rings (SSSR count). The Morgan fingerprint density at radius 3 is 1.83 bits per heavy atom. The van der Waals surface area contributed by atoms with Crippen molar-refractivity contribution in [2.24, 2.45) is 0 Å². The van der Waals surface area contributed by atoms with Crippen LogP contribution in [0.4, 0.5) is 0 Å². The maximum Gasteiger partial charge on any atom is 0.324 e. The third-order valence-electron chi connectivity index (χ3n) is 4.70. The minimum atomic E-state index is -0.985. The molecule has 0 saturated heterocycles. The molecule has 0 heterocycles. The van der Waals surface area contributed by atoms with Crippen molar-refractivity contribution in [1.82, 2.24) is 0 Å². The normalized spacial score (nSPS) is 13.5. The van der Waals surface area contributed by atoms with Crippen molar-refractivity contribution in [2.75, 3.05) is 0 Å². The predicted molar refractivity (Wildman–Crippen MR) is 92.9 cm³/mol. The highest BCUT2D eigenvalue weighted by molar-refractivity contribution is 6.33. The molecule has 1 aliphatic rings. The highest BCUT2D eigenvalue weighted by Crippen LogP contribution is 2.52. The third kappa shape index (κ3) is 1.76. The van der Waals surface area contributed by atoms with Crippen LogP contribution < -0.4 is 0 Å². The molecule has 0 saturated carbocycles. The van der Waals surface area contributed by atoms with Gasteiger partial charge in [-0.25, -0.2) is 0 Å². The van der Waals surface area contributed by atoms with Crippen LogP contribution in [0.2, 0.25) is 0 Å². The third-order valence-corrected chi connectivity index (χ3v) is 4.70. The Labute approximate surface area is 139 Å². The molecule has 0 radical (unpaired) electrons. The zero-order valence-corrected chi connectivity index (χ0v) is 12.9. The van der Waals surface area contributed by atoms with E-state index in [-0.39, 0.29) is 5.78 Å². The van der Waals surface area contributed by atoms with Crippen LogP contribution in [0.1, 0.15) is 16.7 Å². The van der Waals surface area contributed by atoms with Gasteiger partial charge in [-0.05, 0) is 27.8 Å². The number of nitrogens with zero attached hydrogens (tertiary/aromatic N) is 2. The quantitative estimate of drug-likeness (QED) is 0.411. The van der Waals surface area contributed by atoms with Gasteiger partial charge < -0.3 is 5.53 Å². The Morgan fingerprint density at radius 2 is 1.29 bits per heavy atom. The largest absolute Gasteiger partial charge is 0.361 e. The summed E-state index contributed by atoms with van der Waals surface area (Å²) in [6.07, 6.45) is 1.01. The summed E-state index contributed by atoms with van der Waals surface area (Å²) in [7, 11) is 0. The van der Waals surface area contributed by atoms with E-state index in [2.05, 4.69) is 4.79 Å². The molecule has 0 aromatic heterocycles. The van der Waals surface area contributed by atoms with Gasteiger partial charge in [0.1, 0.15) is 5.41 Å². The maximum atomic E-state index is 13.2. The molecule has 0 atom stereocenters. The number of rotatable bonds is 3. The van der Waals surface area contributed by atoms with E-state index >= 15 is 0 Å². The average Bonchev–Trinajstić information content (AvgIpc) is 2.94. The van der Waals surface area contributed by atoms with E-state index in [9.17, 15) is 4.79 Å². The van der Waals surface area contributed by atoms with Crippen molar-refractivity contribution >= 4 is 12.0 Å². The highest BCUT2D eigenvalue weighted by atomic mass is 16.1. The van der Waals surface area contributed by atoms with Crippen LogP contribution in [0, 0.1) is 0 Å². The second-order valence-corrected chi connectivity index (χ2v) is 5.82. The molecule has 0 spiro atoms. The summed E-state index contributed by atoms with van der Waals surface area (Å²) in [5.41, 5.74) is 12.8. The van der Waals surface area contributed by atoms with Crippen molar-refractivity contribution in [1.29, 1.82) is 0 Å². The zero-order valence-electron chi connectivity index (χ0n) is 12.9. The minimum Gasteiger partial charge on any atom is -0.361 e. The summed E-state index contributed by atoms with van der Waals surface area (Å²) < 4.78 is 0. The van der Waals surface area contributed by atoms with E-state index in [1.807, 2.05) is 78.9 Å². The van der Waals surface area contributed by atoms with Gasteiger partial charge in [0.15, 0.2) is 0 Å². The topological polar surface area (TPSA) is 53.5 Å². The van der Waals surface area contributed by atoms with Crippen LogP contribution in [-0.2, 0) is 10.2 Å². The molecule has 0 bridgehead atoms. The molecule has 0 amide bonds. The Bertz CT molecular complexity index is 940. The first-order valence-electron chi connectivity index (χ1n) is 7.77. The highest BCUT2D eigenvalue weighted by Gasteiger charge is 2.50. The molecule has 24 heavy (non-hydrogen) atoms. The van der Waals surface area contributed by atoms with Crippen molar-refractivity contribution in [3.8, 4) is 11.1 Å². The zero-order chi connectivity index (χ0) is 16.6. The lowest BCUT2D eigenvalue weighted by Crippen LogP contribution is -2.37. The lowest BCUT2D eigenvalue weighted by atomic mass is 9.69. The van der Waals surface area contributed by atoms with Crippen LogP contribution in [0.3, 0.4) is 0 Å². The number of fused-ring (bicyclic) bond motifs is 3. The lowest BCUT2D eigenvalue weighted by molar-refractivity contribution is -0.118. The van der Waals surface area contributed by atoms with Crippen molar-refractivity contribution < 1.29 is 9.58 Å². The van der Waals surface area contributed by atoms with Crippen molar-refractivity contribution in [3.63, 3.8) is 0 Å². The fourth-order valence-electron chi connectivity index (χ4n) is 3.79. The number of benzene rings is 3. The summed E-state index contributed by atoms with van der Waals surface area (Å²) in [4.78, 5) is 16.2. The summed E-state index contributed by atoms with van der Waals surface area (Å²) in [5, 5.41) is 0. The number of ketones is 1. The van der Waals surface area contributed by atoms with Gasteiger partial charge in [0.25, 0.3) is 5.78 Å². The molecule has 3 aromatic rings. The van der Waals surface area contributed by atoms with Gasteiger partial charge >= 0.3 is 6.21 Å². The summed E-state index contributed by atoms with van der Waals surface area (Å²) in [6, 6.07) is 25.5. The van der Waals surface area contributed by atoms with E-state index in [1.54, 1.807) is 0 Å². The van der Waals surface area contributed by atoms with Gasteiger partial charge in [0.2, 0.25) is 0 Å². The monoisotopic (exact) mass is 310 g/mol. The van der Waals surface area contributed by atoms with E-state index in [0.29, 0.717) is 0 Å². The van der Waals surface area contributed by atoms with Gasteiger partial charge in [-0.2, -0.15) is 4.79 Å². The van der Waals surface area contributed by atoms with E-state index in [4.69, 9.17) is 5.53 Å². The number of Topliss-reactive ketones (excluding diaryl/α,β-unsaturated/α-hetero) is 1. The fraction of sp³-hybridized carbons (Fsp3) is 0.0476. The summed E-state index contributed by atoms with van der Waals surface area (Å²) in [5.74, 6) is -0.256. The number of hydrogen-bond donors (Lipinski definition) is 0. The molecule has 3 aromatic carbocycles. The smallest absolute Gasteiger partial charge is 0.324 e. The van der Waals surface area contributed by atoms with Crippen LogP contribution >= 0.6 is 0 Å². The summed E-state index contributed by atoms with van der Waals surface area (Å²) >= 11 is 0. The van der Waals surface area contributed by atoms with Crippen LogP contribution in [0.5, 0.6) is 0 Å². The van der Waals surface area contributed by atoms with E-state index < -0.39 is 5.41 Å². The molecule has 3 heteroatoms. The predicted octanol–water partition coefficient (Wildman–Crippen LogP) is 3.87. The van der Waals surface area contributed by atoms with Gasteiger partial charge in [0.05, 0.1) is 0 Å². The Morgan fingerprint density at radius 1 is 0.792 bits per heavy atom. The molecule has 0 unspecified atom stereocenters. The number of carbonyl (C=O) groups excluding carboxylic acids is 1. The first-order chi connectivity index (χ1) is 11.8. The van der Waals surface area contributed by atoms with Crippen LogP contribution in [0.25, 0.3) is 16.7 Å². The Kier molecular flexibility index (Phi) is 3.23. The van der Waals surface area contributed by atoms with Crippen molar-refractivity contribution in [3.05, 3.63) is 101 Å². The molecule has 0 aliphatic heterocycles. The molecule has 114 valence electrons. The average molecular weight is 310 g/mol. The number of hydrogen-bond acceptors (Lipinski definition) is 1. The minimum absolute atomic E-state index is 0.256. The molecular formula is C21H14N2O. The second-order valence-electron chi connectivity index (χ2n) is 5.82. The van der Waals surface area contributed by atoms with E-state index in [1.165, 1.54) is 0 Å². The first-order valence-corrected chi connectivity index (χ1v) is 7.77. The van der Waals surface area contributed by atoms with E-state index in [0.717, 1.165) is 34.0 Å². The lowest BCUT2D eigenvalue weighted by Gasteiger charge is -2.28. The Balaban J connectivity index is 2.18. The fourth-order valence-corrected chi connectivity index (χ4v) is 3.79. The van der Waals surface area contributed by atoms with Crippen LogP contribution in [-0.4, -0.2) is 16.8 Å². The SMILES string of the molecule is [N-]=[N+]=CC(=O)C1(c2ccccc2)c2ccccc2-c2ccccc21. The maximum absolute atomic E-state index is 13.2. The molecule has 0 N–H and O–H groups in total. The van der Waals surface area contributed by atoms with Crippen LogP contribution in [0.15, 0.2) is 78.9 Å².